The van der Waals surface area contributed by atoms with E-state index in [0.29, 0.717) is 10.5 Å². The van der Waals surface area contributed by atoms with E-state index in [1.807, 2.05) is 13.8 Å². The van der Waals surface area contributed by atoms with Gasteiger partial charge in [-0.1, -0.05) is 26.0 Å². The predicted octanol–water partition coefficient (Wildman–Crippen LogP) is 0.889. The molecule has 2 rings (SSSR count). The maximum Gasteiger partial charge on any atom is 0.334 e. The van der Waals surface area contributed by atoms with Crippen LogP contribution in [-0.2, 0) is 20.9 Å². The summed E-state index contributed by atoms with van der Waals surface area (Å²) in [7, 11) is 0. The summed E-state index contributed by atoms with van der Waals surface area (Å²) in [5.41, 5.74) is 0.668. The van der Waals surface area contributed by atoms with Gasteiger partial charge in [-0.25, -0.2) is 14.1 Å². The van der Waals surface area contributed by atoms with Crippen LogP contribution in [0.1, 0.15) is 19.4 Å². The number of hydrogen-bond donors (Lipinski definition) is 1. The number of rotatable bonds is 6. The van der Waals surface area contributed by atoms with Crippen LogP contribution >= 0.6 is 0 Å². The zero-order chi connectivity index (χ0) is 17.9. The second-order valence-corrected chi connectivity index (χ2v) is 5.89. The Morgan fingerprint density at radius 3 is 2.25 bits per heavy atom. The summed E-state index contributed by atoms with van der Waals surface area (Å²) in [6, 6.07) is 4.76. The van der Waals surface area contributed by atoms with Crippen LogP contribution in [0.5, 0.6) is 0 Å². The number of nitrogens with zero attached hydrogens (tertiary/aromatic N) is 2. The first kappa shape index (κ1) is 17.6. The Balaban J connectivity index is 1.93. The topological polar surface area (TPSA) is 86.8 Å². The molecule has 1 fully saturated rings. The maximum absolute atomic E-state index is 12.8. The average Bonchev–Trinajstić information content (AvgIpc) is 2.72. The highest BCUT2D eigenvalue weighted by molar-refractivity contribution is 6.45. The molecule has 8 heteroatoms. The van der Waals surface area contributed by atoms with E-state index in [-0.39, 0.29) is 24.8 Å². The lowest BCUT2D eigenvalue weighted by Gasteiger charge is -2.16. The molecule has 1 aromatic rings. The number of hydrogen-bond acceptors (Lipinski definition) is 4. The lowest BCUT2D eigenvalue weighted by atomic mass is 10.2. The largest absolute Gasteiger partial charge is 0.350 e. The molecule has 1 saturated heterocycles. The van der Waals surface area contributed by atoms with Gasteiger partial charge in [-0.05, 0) is 23.6 Å². The molecule has 1 aromatic carbocycles. The molecule has 1 heterocycles. The molecule has 128 valence electrons. The molecule has 5 amide bonds. The van der Waals surface area contributed by atoms with Crippen molar-refractivity contribution in [3.63, 3.8) is 0 Å². The Morgan fingerprint density at radius 2 is 1.67 bits per heavy atom. The third-order valence-electron chi connectivity index (χ3n) is 3.39. The Hall–Kier alpha value is -2.77. The first-order chi connectivity index (χ1) is 11.3. The molecule has 1 N–H and O–H groups in total. The molecular formula is C16H18FN3O4. The third-order valence-corrected chi connectivity index (χ3v) is 3.39. The highest BCUT2D eigenvalue weighted by atomic mass is 19.1. The van der Waals surface area contributed by atoms with E-state index in [9.17, 15) is 23.6 Å². The van der Waals surface area contributed by atoms with Crippen LogP contribution in [0.2, 0.25) is 0 Å². The summed E-state index contributed by atoms with van der Waals surface area (Å²) in [5.74, 6) is -2.88. The van der Waals surface area contributed by atoms with Crippen molar-refractivity contribution in [2.75, 3.05) is 13.1 Å². The van der Waals surface area contributed by atoms with E-state index in [4.69, 9.17) is 0 Å². The Kier molecular flexibility index (Phi) is 5.28. The molecule has 1 aliphatic rings. The summed E-state index contributed by atoms with van der Waals surface area (Å²) < 4.78 is 12.8. The van der Waals surface area contributed by atoms with Gasteiger partial charge in [-0.3, -0.25) is 19.3 Å². The average molecular weight is 335 g/mol. The minimum absolute atomic E-state index is 0.0120. The van der Waals surface area contributed by atoms with Gasteiger partial charge in [0.2, 0.25) is 5.91 Å². The smallest absolute Gasteiger partial charge is 0.334 e. The van der Waals surface area contributed by atoms with Gasteiger partial charge in [-0.15, -0.1) is 0 Å². The van der Waals surface area contributed by atoms with E-state index >= 15 is 0 Å². The quantitative estimate of drug-likeness (QED) is 0.618. The SMILES string of the molecule is CC(C)CN1C(=O)C(=O)N(CC(=O)NCc2ccc(F)cc2)C1=O. The number of carbonyl (C=O) groups excluding carboxylic acids is 4. The van der Waals surface area contributed by atoms with Crippen molar-refractivity contribution in [2.45, 2.75) is 20.4 Å². The van der Waals surface area contributed by atoms with Gasteiger partial charge in [0.15, 0.2) is 0 Å². The fourth-order valence-electron chi connectivity index (χ4n) is 2.22. The number of amides is 5. The number of halogens is 1. The predicted molar refractivity (Wildman–Crippen MR) is 81.9 cm³/mol. The molecule has 0 aliphatic carbocycles. The lowest BCUT2D eigenvalue weighted by Crippen LogP contribution is -2.41. The summed E-state index contributed by atoms with van der Waals surface area (Å²) >= 11 is 0. The van der Waals surface area contributed by atoms with Crippen LogP contribution in [0.25, 0.3) is 0 Å². The van der Waals surface area contributed by atoms with Crippen LogP contribution in [0.15, 0.2) is 24.3 Å². The highest BCUT2D eigenvalue weighted by Gasteiger charge is 2.45. The Morgan fingerprint density at radius 1 is 1.08 bits per heavy atom. The summed E-state index contributed by atoms with van der Waals surface area (Å²) in [6.45, 7) is 3.33. The maximum atomic E-state index is 12.8. The standard InChI is InChI=1S/C16H18FN3O4/c1-10(2)8-19-14(22)15(23)20(16(19)24)9-13(21)18-7-11-3-5-12(17)6-4-11/h3-6,10H,7-9H2,1-2H3,(H,18,21). The van der Waals surface area contributed by atoms with Crippen molar-refractivity contribution < 1.29 is 23.6 Å². The van der Waals surface area contributed by atoms with Gasteiger partial charge in [0.25, 0.3) is 0 Å². The summed E-state index contributed by atoms with van der Waals surface area (Å²) in [4.78, 5) is 49.1. The molecular weight excluding hydrogens is 317 g/mol. The number of carbonyl (C=O) groups is 4. The third kappa shape index (κ3) is 3.95. The van der Waals surface area contributed by atoms with Crippen molar-refractivity contribution in [1.29, 1.82) is 0 Å². The zero-order valence-electron chi connectivity index (χ0n) is 13.4. The van der Waals surface area contributed by atoms with Crippen LogP contribution in [-0.4, -0.2) is 46.6 Å². The molecule has 0 spiro atoms. The summed E-state index contributed by atoms with van der Waals surface area (Å²) in [5, 5.41) is 2.52. The van der Waals surface area contributed by atoms with Gasteiger partial charge in [-0.2, -0.15) is 0 Å². The fraction of sp³-hybridized carbons (Fsp3) is 0.375. The van der Waals surface area contributed by atoms with Crippen LogP contribution < -0.4 is 5.32 Å². The van der Waals surface area contributed by atoms with Crippen molar-refractivity contribution >= 4 is 23.8 Å². The van der Waals surface area contributed by atoms with Crippen molar-refractivity contribution in [3.05, 3.63) is 35.6 Å². The molecule has 0 bridgehead atoms. The fourth-order valence-corrected chi connectivity index (χ4v) is 2.22. The first-order valence-corrected chi connectivity index (χ1v) is 7.48. The highest BCUT2D eigenvalue weighted by Crippen LogP contribution is 2.13. The number of benzene rings is 1. The second kappa shape index (κ2) is 7.20. The molecule has 0 aromatic heterocycles. The van der Waals surface area contributed by atoms with Crippen LogP contribution in [0, 0.1) is 11.7 Å². The number of nitrogens with one attached hydrogen (secondary N) is 1. The lowest BCUT2D eigenvalue weighted by molar-refractivity contribution is -0.144. The van der Waals surface area contributed by atoms with Crippen LogP contribution in [0.3, 0.4) is 0 Å². The van der Waals surface area contributed by atoms with E-state index in [0.717, 1.165) is 4.90 Å². The number of urea groups is 1. The van der Waals surface area contributed by atoms with Crippen molar-refractivity contribution in [1.82, 2.24) is 15.1 Å². The van der Waals surface area contributed by atoms with Gasteiger partial charge in [0, 0.05) is 13.1 Å². The van der Waals surface area contributed by atoms with Gasteiger partial charge in [0.05, 0.1) is 0 Å². The molecule has 1 aliphatic heterocycles. The molecule has 0 atom stereocenters. The molecule has 24 heavy (non-hydrogen) atoms. The van der Waals surface area contributed by atoms with E-state index < -0.39 is 30.3 Å². The van der Waals surface area contributed by atoms with Gasteiger partial charge in [0.1, 0.15) is 12.4 Å². The zero-order valence-corrected chi connectivity index (χ0v) is 13.4. The van der Waals surface area contributed by atoms with Gasteiger partial charge >= 0.3 is 17.8 Å². The molecule has 7 nitrogen and oxygen atoms in total. The Bertz CT molecular complexity index is 672. The minimum Gasteiger partial charge on any atom is -0.350 e. The van der Waals surface area contributed by atoms with Gasteiger partial charge < -0.3 is 5.32 Å². The first-order valence-electron chi connectivity index (χ1n) is 7.48. The molecule has 0 saturated carbocycles. The monoisotopic (exact) mass is 335 g/mol. The molecule has 0 radical (unpaired) electrons. The minimum atomic E-state index is -1.00. The van der Waals surface area contributed by atoms with Crippen molar-refractivity contribution in [2.24, 2.45) is 5.92 Å². The second-order valence-electron chi connectivity index (χ2n) is 5.89. The van der Waals surface area contributed by atoms with Crippen LogP contribution in [0.4, 0.5) is 9.18 Å². The summed E-state index contributed by atoms with van der Waals surface area (Å²) in [6.07, 6.45) is 0. The Labute approximate surface area is 138 Å². The number of imide groups is 2. The normalized spacial score (nSPS) is 14.8. The van der Waals surface area contributed by atoms with E-state index in [1.165, 1.54) is 24.3 Å². The molecule has 0 unspecified atom stereocenters. The van der Waals surface area contributed by atoms with E-state index in [2.05, 4.69) is 5.32 Å². The van der Waals surface area contributed by atoms with Crippen molar-refractivity contribution in [3.8, 4) is 0 Å². The van der Waals surface area contributed by atoms with E-state index in [1.54, 1.807) is 0 Å².